The third-order valence-corrected chi connectivity index (χ3v) is 3.99. The molecule has 0 amide bonds. The number of hydrogen-bond acceptors (Lipinski definition) is 6. The van der Waals surface area contributed by atoms with Gasteiger partial charge in [0.1, 0.15) is 23.2 Å². The minimum Gasteiger partial charge on any atom is -0.494 e. The van der Waals surface area contributed by atoms with E-state index in [0.29, 0.717) is 5.69 Å². The fourth-order valence-electron chi connectivity index (χ4n) is 2.13. The van der Waals surface area contributed by atoms with Crippen molar-refractivity contribution < 1.29 is 4.74 Å². The van der Waals surface area contributed by atoms with E-state index in [1.807, 2.05) is 37.5 Å². The van der Waals surface area contributed by atoms with E-state index in [0.717, 1.165) is 27.2 Å². The first kappa shape index (κ1) is 14.2. The van der Waals surface area contributed by atoms with Crippen molar-refractivity contribution in [2.24, 2.45) is 7.05 Å². The highest BCUT2D eigenvalue weighted by Crippen LogP contribution is 2.35. The maximum Gasteiger partial charge on any atom is 0.145 e. The molecule has 0 unspecified atom stereocenters. The topological polar surface area (TPSA) is 75.8 Å². The number of nitrogens with one attached hydrogen (secondary N) is 1. The molecule has 1 N–H and O–H groups in total. The number of aryl methyl sites for hydroxylation is 1. The molecular formula is C15H13N5OS. The second kappa shape index (κ2) is 5.95. The third kappa shape index (κ3) is 2.56. The molecule has 0 bridgehead atoms. The maximum atomic E-state index is 8.77. The SMILES string of the molecule is COc1ccc2cnn(C)c2c1NSc1ccc(C#N)nc1. The van der Waals surface area contributed by atoms with Crippen LogP contribution >= 0.6 is 11.9 Å². The monoisotopic (exact) mass is 311 g/mol. The van der Waals surface area contributed by atoms with E-state index in [1.54, 1.807) is 24.1 Å². The molecule has 0 saturated heterocycles. The van der Waals surface area contributed by atoms with Gasteiger partial charge >= 0.3 is 0 Å². The van der Waals surface area contributed by atoms with E-state index < -0.39 is 0 Å². The Bertz CT molecular complexity index is 851. The summed E-state index contributed by atoms with van der Waals surface area (Å²) in [4.78, 5) is 4.95. The Morgan fingerprint density at radius 2 is 2.14 bits per heavy atom. The first-order valence-electron chi connectivity index (χ1n) is 6.50. The smallest absolute Gasteiger partial charge is 0.145 e. The number of benzene rings is 1. The van der Waals surface area contributed by atoms with Gasteiger partial charge in [-0.25, -0.2) is 4.98 Å². The molecule has 0 atom stereocenters. The second-order valence-electron chi connectivity index (χ2n) is 4.54. The molecule has 0 aliphatic heterocycles. The number of ether oxygens (including phenoxy) is 1. The summed E-state index contributed by atoms with van der Waals surface area (Å²) in [7, 11) is 3.53. The van der Waals surface area contributed by atoms with Crippen molar-refractivity contribution in [3.05, 3.63) is 42.4 Å². The summed E-state index contributed by atoms with van der Waals surface area (Å²) in [5.74, 6) is 0.741. The van der Waals surface area contributed by atoms with Gasteiger partial charge in [0.05, 0.1) is 18.8 Å². The molecule has 6 nitrogen and oxygen atoms in total. The molecule has 0 saturated carbocycles. The summed E-state index contributed by atoms with van der Waals surface area (Å²) in [5.41, 5.74) is 2.22. The van der Waals surface area contributed by atoms with Crippen LogP contribution in [0.3, 0.4) is 0 Å². The molecule has 1 aromatic carbocycles. The Morgan fingerprint density at radius 3 is 2.82 bits per heavy atom. The van der Waals surface area contributed by atoms with Gasteiger partial charge in [0, 0.05) is 23.5 Å². The number of fused-ring (bicyclic) bond motifs is 1. The van der Waals surface area contributed by atoms with Gasteiger partial charge in [0.2, 0.25) is 0 Å². The lowest BCUT2D eigenvalue weighted by atomic mass is 10.2. The zero-order valence-corrected chi connectivity index (χ0v) is 12.9. The average molecular weight is 311 g/mol. The largest absolute Gasteiger partial charge is 0.494 e. The van der Waals surface area contributed by atoms with Gasteiger partial charge in [-0.3, -0.25) is 4.68 Å². The fraction of sp³-hybridized carbons (Fsp3) is 0.133. The molecule has 22 heavy (non-hydrogen) atoms. The van der Waals surface area contributed by atoms with Crippen molar-refractivity contribution in [1.29, 1.82) is 5.26 Å². The van der Waals surface area contributed by atoms with Gasteiger partial charge in [0.15, 0.2) is 0 Å². The highest BCUT2D eigenvalue weighted by Gasteiger charge is 2.12. The van der Waals surface area contributed by atoms with Gasteiger partial charge in [-0.2, -0.15) is 10.4 Å². The quantitative estimate of drug-likeness (QED) is 0.747. The lowest BCUT2D eigenvalue weighted by Crippen LogP contribution is -1.98. The van der Waals surface area contributed by atoms with E-state index >= 15 is 0 Å². The van der Waals surface area contributed by atoms with Crippen LogP contribution in [-0.4, -0.2) is 21.9 Å². The molecule has 3 rings (SSSR count). The molecule has 0 spiro atoms. The lowest BCUT2D eigenvalue weighted by molar-refractivity contribution is 0.417. The molecule has 7 heteroatoms. The van der Waals surface area contributed by atoms with Crippen molar-refractivity contribution >= 4 is 28.5 Å². The minimum absolute atomic E-state index is 0.399. The van der Waals surface area contributed by atoms with E-state index in [4.69, 9.17) is 10.00 Å². The van der Waals surface area contributed by atoms with Crippen molar-refractivity contribution in [3.63, 3.8) is 0 Å². The Labute approximate surface area is 131 Å². The van der Waals surface area contributed by atoms with Crippen LogP contribution in [0.25, 0.3) is 10.9 Å². The van der Waals surface area contributed by atoms with Gasteiger partial charge in [-0.15, -0.1) is 0 Å². The highest BCUT2D eigenvalue weighted by atomic mass is 32.2. The van der Waals surface area contributed by atoms with Gasteiger partial charge in [-0.1, -0.05) is 0 Å². The van der Waals surface area contributed by atoms with Crippen molar-refractivity contribution in [2.45, 2.75) is 4.90 Å². The maximum absolute atomic E-state index is 8.77. The lowest BCUT2D eigenvalue weighted by Gasteiger charge is -2.12. The number of rotatable bonds is 4. The van der Waals surface area contributed by atoms with Crippen LogP contribution in [0.2, 0.25) is 0 Å². The average Bonchev–Trinajstić information content (AvgIpc) is 2.94. The molecular weight excluding hydrogens is 298 g/mol. The molecule has 0 aliphatic rings. The number of methoxy groups -OCH3 is 1. The summed E-state index contributed by atoms with van der Waals surface area (Å²) in [5, 5.41) is 14.1. The van der Waals surface area contributed by atoms with Crippen LogP contribution in [0.15, 0.2) is 41.6 Å². The highest BCUT2D eigenvalue weighted by molar-refractivity contribution is 8.00. The summed E-state index contributed by atoms with van der Waals surface area (Å²) < 4.78 is 10.5. The van der Waals surface area contributed by atoms with E-state index in [1.165, 1.54) is 11.9 Å². The Hall–Kier alpha value is -2.72. The molecule has 0 aliphatic carbocycles. The number of aromatic nitrogens is 3. The van der Waals surface area contributed by atoms with Crippen LogP contribution in [0.1, 0.15) is 5.69 Å². The normalized spacial score (nSPS) is 10.4. The van der Waals surface area contributed by atoms with Gasteiger partial charge in [-0.05, 0) is 36.2 Å². The Kier molecular flexibility index (Phi) is 3.85. The summed E-state index contributed by atoms with van der Waals surface area (Å²) in [6.45, 7) is 0. The van der Waals surface area contributed by atoms with Crippen molar-refractivity contribution in [1.82, 2.24) is 14.8 Å². The number of hydrogen-bond donors (Lipinski definition) is 1. The summed E-state index contributed by atoms with van der Waals surface area (Å²) >= 11 is 1.41. The molecule has 3 aromatic rings. The Morgan fingerprint density at radius 1 is 1.27 bits per heavy atom. The van der Waals surface area contributed by atoms with E-state index in [9.17, 15) is 0 Å². The summed E-state index contributed by atoms with van der Waals surface area (Å²) in [6.07, 6.45) is 3.47. The standard InChI is InChI=1S/C15H13N5OS/c1-20-15-10(8-18-20)3-6-13(21-2)14(15)19-22-12-5-4-11(7-16)17-9-12/h3-6,8-9,19H,1-2H3. The molecule has 110 valence electrons. The summed E-state index contributed by atoms with van der Waals surface area (Å²) in [6, 6.07) is 9.41. The van der Waals surface area contributed by atoms with Crippen LogP contribution in [0.5, 0.6) is 5.75 Å². The molecule has 0 fully saturated rings. The number of pyridine rings is 1. The molecule has 0 radical (unpaired) electrons. The fourth-order valence-corrected chi connectivity index (χ4v) is 2.79. The van der Waals surface area contributed by atoms with Crippen LogP contribution in [-0.2, 0) is 7.05 Å². The van der Waals surface area contributed by atoms with Crippen LogP contribution in [0, 0.1) is 11.3 Å². The third-order valence-electron chi connectivity index (χ3n) is 3.21. The zero-order chi connectivity index (χ0) is 15.5. The first-order chi connectivity index (χ1) is 10.7. The number of anilines is 1. The van der Waals surface area contributed by atoms with E-state index in [-0.39, 0.29) is 0 Å². The van der Waals surface area contributed by atoms with Crippen LogP contribution in [0.4, 0.5) is 5.69 Å². The van der Waals surface area contributed by atoms with Gasteiger partial charge < -0.3 is 9.46 Å². The van der Waals surface area contributed by atoms with E-state index in [2.05, 4.69) is 14.8 Å². The zero-order valence-electron chi connectivity index (χ0n) is 12.1. The number of nitrogens with zero attached hydrogens (tertiary/aromatic N) is 4. The van der Waals surface area contributed by atoms with Gasteiger partial charge in [0.25, 0.3) is 0 Å². The van der Waals surface area contributed by atoms with Crippen molar-refractivity contribution in [2.75, 3.05) is 11.8 Å². The minimum atomic E-state index is 0.399. The van der Waals surface area contributed by atoms with Crippen molar-refractivity contribution in [3.8, 4) is 11.8 Å². The predicted molar refractivity (Wildman–Crippen MR) is 85.7 cm³/mol. The molecule has 2 heterocycles. The van der Waals surface area contributed by atoms with Crippen LogP contribution < -0.4 is 9.46 Å². The molecule has 2 aromatic heterocycles. The Balaban J connectivity index is 1.92. The predicted octanol–water partition coefficient (Wildman–Crippen LogP) is 2.97. The second-order valence-corrected chi connectivity index (χ2v) is 5.42. The first-order valence-corrected chi connectivity index (χ1v) is 7.32. The number of nitriles is 1.